The van der Waals surface area contributed by atoms with Crippen molar-refractivity contribution >= 4 is 29.2 Å². The van der Waals surface area contributed by atoms with Crippen molar-refractivity contribution in [3.05, 3.63) is 23.8 Å². The molecule has 0 atom stereocenters. The number of carboxylic acid groups (broad SMARTS) is 1. The standard InChI is InChI=1S/C14H18N2O4/c1-3-12(17)16-11-8-10(5-4-9(11)2)15-13(18)6-7-14(19)20/h4-5,8H,3,6-7H2,1-2H3,(H,15,18)(H,16,17)(H,19,20). The molecule has 0 aromatic heterocycles. The Balaban J connectivity index is 2.71. The van der Waals surface area contributed by atoms with Crippen LogP contribution in [0.4, 0.5) is 11.4 Å². The van der Waals surface area contributed by atoms with Gasteiger partial charge in [-0.1, -0.05) is 13.0 Å². The van der Waals surface area contributed by atoms with Crippen molar-refractivity contribution < 1.29 is 19.5 Å². The van der Waals surface area contributed by atoms with Gasteiger partial charge in [0.2, 0.25) is 11.8 Å². The molecule has 0 radical (unpaired) electrons. The molecule has 0 heterocycles. The van der Waals surface area contributed by atoms with E-state index in [1.807, 2.05) is 6.92 Å². The molecule has 0 aliphatic carbocycles. The average Bonchev–Trinajstić information content (AvgIpc) is 2.40. The van der Waals surface area contributed by atoms with Crippen LogP contribution in [-0.4, -0.2) is 22.9 Å². The fourth-order valence-corrected chi connectivity index (χ4v) is 1.52. The van der Waals surface area contributed by atoms with Gasteiger partial charge < -0.3 is 15.7 Å². The van der Waals surface area contributed by atoms with E-state index in [4.69, 9.17) is 5.11 Å². The number of carbonyl (C=O) groups excluding carboxylic acids is 2. The number of carboxylic acids is 1. The van der Waals surface area contributed by atoms with Crippen LogP contribution in [0.2, 0.25) is 0 Å². The first-order chi connectivity index (χ1) is 9.42. The number of amides is 2. The van der Waals surface area contributed by atoms with E-state index in [9.17, 15) is 14.4 Å². The van der Waals surface area contributed by atoms with Crippen LogP contribution >= 0.6 is 0 Å². The summed E-state index contributed by atoms with van der Waals surface area (Å²) in [5.41, 5.74) is 2.04. The third-order valence-electron chi connectivity index (χ3n) is 2.68. The van der Waals surface area contributed by atoms with Gasteiger partial charge in [0.1, 0.15) is 0 Å². The van der Waals surface area contributed by atoms with E-state index in [1.165, 1.54) is 0 Å². The number of nitrogens with one attached hydrogen (secondary N) is 2. The van der Waals surface area contributed by atoms with Crippen molar-refractivity contribution in [2.24, 2.45) is 0 Å². The van der Waals surface area contributed by atoms with Gasteiger partial charge in [0.25, 0.3) is 0 Å². The van der Waals surface area contributed by atoms with E-state index < -0.39 is 5.97 Å². The SMILES string of the molecule is CCC(=O)Nc1cc(NC(=O)CCC(=O)O)ccc1C. The van der Waals surface area contributed by atoms with Crippen LogP contribution in [0.3, 0.4) is 0 Å². The molecule has 108 valence electrons. The first-order valence-corrected chi connectivity index (χ1v) is 6.34. The molecule has 0 fully saturated rings. The van der Waals surface area contributed by atoms with Gasteiger partial charge >= 0.3 is 5.97 Å². The number of hydrogen-bond acceptors (Lipinski definition) is 3. The summed E-state index contributed by atoms with van der Waals surface area (Å²) in [6.07, 6.45) is 0.0750. The van der Waals surface area contributed by atoms with Gasteiger partial charge in [0.05, 0.1) is 6.42 Å². The molecule has 2 amide bonds. The third-order valence-corrected chi connectivity index (χ3v) is 2.68. The van der Waals surface area contributed by atoms with Crippen molar-refractivity contribution in [2.75, 3.05) is 10.6 Å². The van der Waals surface area contributed by atoms with E-state index in [1.54, 1.807) is 25.1 Å². The summed E-state index contributed by atoms with van der Waals surface area (Å²) in [4.78, 5) is 33.3. The maximum atomic E-state index is 11.5. The molecular formula is C14H18N2O4. The predicted molar refractivity (Wildman–Crippen MR) is 75.6 cm³/mol. The minimum Gasteiger partial charge on any atom is -0.481 e. The highest BCUT2D eigenvalue weighted by molar-refractivity contribution is 5.95. The zero-order chi connectivity index (χ0) is 15.1. The Labute approximate surface area is 117 Å². The first kappa shape index (κ1) is 15.7. The second-order valence-corrected chi connectivity index (χ2v) is 4.37. The second-order valence-electron chi connectivity index (χ2n) is 4.37. The highest BCUT2D eigenvalue weighted by Gasteiger charge is 2.08. The molecule has 0 bridgehead atoms. The van der Waals surface area contributed by atoms with E-state index in [2.05, 4.69) is 10.6 Å². The monoisotopic (exact) mass is 278 g/mol. The highest BCUT2D eigenvalue weighted by Crippen LogP contribution is 2.20. The Morgan fingerprint density at radius 2 is 1.80 bits per heavy atom. The molecule has 3 N–H and O–H groups in total. The van der Waals surface area contributed by atoms with Gasteiger partial charge in [-0.2, -0.15) is 0 Å². The van der Waals surface area contributed by atoms with Crippen LogP contribution < -0.4 is 10.6 Å². The maximum absolute atomic E-state index is 11.5. The minimum absolute atomic E-state index is 0.0835. The first-order valence-electron chi connectivity index (χ1n) is 6.34. The summed E-state index contributed by atoms with van der Waals surface area (Å²) < 4.78 is 0. The summed E-state index contributed by atoms with van der Waals surface area (Å²) >= 11 is 0. The smallest absolute Gasteiger partial charge is 0.303 e. The zero-order valence-corrected chi connectivity index (χ0v) is 11.5. The predicted octanol–water partition coefficient (Wildman–Crippen LogP) is 2.15. The Bertz CT molecular complexity index is 526. The Hall–Kier alpha value is -2.37. The third kappa shape index (κ3) is 5.09. The number of rotatable bonds is 6. The maximum Gasteiger partial charge on any atom is 0.303 e. The summed E-state index contributed by atoms with van der Waals surface area (Å²) in [7, 11) is 0. The number of hydrogen-bond donors (Lipinski definition) is 3. The van der Waals surface area contributed by atoms with Gasteiger partial charge in [-0.05, 0) is 24.6 Å². The van der Waals surface area contributed by atoms with E-state index in [-0.39, 0.29) is 24.7 Å². The highest BCUT2D eigenvalue weighted by atomic mass is 16.4. The van der Waals surface area contributed by atoms with Crippen molar-refractivity contribution in [1.29, 1.82) is 0 Å². The van der Waals surface area contributed by atoms with Crippen LogP contribution in [0.25, 0.3) is 0 Å². The quantitative estimate of drug-likeness (QED) is 0.743. The molecule has 6 nitrogen and oxygen atoms in total. The lowest BCUT2D eigenvalue weighted by Crippen LogP contribution is -2.14. The second kappa shape index (κ2) is 7.28. The van der Waals surface area contributed by atoms with Crippen LogP contribution in [0.15, 0.2) is 18.2 Å². The lowest BCUT2D eigenvalue weighted by molar-refractivity contribution is -0.138. The molecule has 0 aliphatic rings. The van der Waals surface area contributed by atoms with Crippen LogP contribution in [-0.2, 0) is 14.4 Å². The van der Waals surface area contributed by atoms with Crippen molar-refractivity contribution in [1.82, 2.24) is 0 Å². The molecule has 1 rings (SSSR count). The van der Waals surface area contributed by atoms with Crippen LogP contribution in [0.1, 0.15) is 31.7 Å². The van der Waals surface area contributed by atoms with Crippen molar-refractivity contribution in [3.8, 4) is 0 Å². The summed E-state index contributed by atoms with van der Waals surface area (Å²) in [6.45, 7) is 3.60. The number of benzene rings is 1. The Kier molecular flexibility index (Phi) is 5.71. The van der Waals surface area contributed by atoms with Crippen molar-refractivity contribution in [2.45, 2.75) is 33.1 Å². The molecule has 6 heteroatoms. The number of anilines is 2. The minimum atomic E-state index is -1.01. The average molecular weight is 278 g/mol. The fraction of sp³-hybridized carbons (Fsp3) is 0.357. The lowest BCUT2D eigenvalue weighted by Gasteiger charge is -2.11. The summed E-state index contributed by atoms with van der Waals surface area (Å²) in [6, 6.07) is 5.13. The topological polar surface area (TPSA) is 95.5 Å². The summed E-state index contributed by atoms with van der Waals surface area (Å²) in [5, 5.41) is 13.8. The van der Waals surface area contributed by atoms with Gasteiger partial charge in [-0.3, -0.25) is 14.4 Å². The molecule has 0 spiro atoms. The molecule has 20 heavy (non-hydrogen) atoms. The van der Waals surface area contributed by atoms with Gasteiger partial charge in [-0.15, -0.1) is 0 Å². The van der Waals surface area contributed by atoms with Gasteiger partial charge in [-0.25, -0.2) is 0 Å². The van der Waals surface area contributed by atoms with Gasteiger partial charge in [0, 0.05) is 24.2 Å². The van der Waals surface area contributed by atoms with E-state index >= 15 is 0 Å². The number of carbonyl (C=O) groups is 3. The zero-order valence-electron chi connectivity index (χ0n) is 11.5. The van der Waals surface area contributed by atoms with Crippen molar-refractivity contribution in [3.63, 3.8) is 0 Å². The molecular weight excluding hydrogens is 260 g/mol. The fourth-order valence-electron chi connectivity index (χ4n) is 1.52. The Morgan fingerprint density at radius 1 is 1.10 bits per heavy atom. The van der Waals surface area contributed by atoms with Crippen LogP contribution in [0, 0.1) is 6.92 Å². The summed E-state index contributed by atoms with van der Waals surface area (Å²) in [5.74, 6) is -1.49. The Morgan fingerprint density at radius 3 is 2.40 bits per heavy atom. The number of aliphatic carboxylic acids is 1. The molecule has 1 aromatic carbocycles. The van der Waals surface area contributed by atoms with E-state index in [0.717, 1.165) is 5.56 Å². The van der Waals surface area contributed by atoms with Crippen LogP contribution in [0.5, 0.6) is 0 Å². The lowest BCUT2D eigenvalue weighted by atomic mass is 10.1. The molecule has 0 unspecified atom stereocenters. The largest absolute Gasteiger partial charge is 0.481 e. The van der Waals surface area contributed by atoms with Gasteiger partial charge in [0.15, 0.2) is 0 Å². The normalized spacial score (nSPS) is 9.90. The number of aryl methyl sites for hydroxylation is 1. The molecule has 0 aliphatic heterocycles. The molecule has 0 saturated carbocycles. The van der Waals surface area contributed by atoms with E-state index in [0.29, 0.717) is 17.8 Å². The molecule has 0 saturated heterocycles. The molecule has 1 aromatic rings.